The number of ether oxygens (including phenoxy) is 1. The van der Waals surface area contributed by atoms with E-state index in [0.717, 1.165) is 32.6 Å². The Bertz CT molecular complexity index is 750. The molecular formula is C16H22ClN3O4S. The molecule has 3 rings (SSSR count). The Morgan fingerprint density at radius 1 is 1.28 bits per heavy atom. The molecule has 0 radical (unpaired) electrons. The molecule has 1 unspecified atom stereocenters. The van der Waals surface area contributed by atoms with E-state index in [1.165, 1.54) is 29.6 Å². The number of nitrogens with one attached hydrogen (secondary N) is 1. The maximum Gasteiger partial charge on any atom is 0.337 e. The molecule has 2 heterocycles. The molecular weight excluding hydrogens is 366 g/mol. The molecule has 0 aromatic heterocycles. The number of hydrogen-bond donors (Lipinski definition) is 1. The first-order valence-electron chi connectivity index (χ1n) is 8.26. The van der Waals surface area contributed by atoms with Crippen LogP contribution in [0.3, 0.4) is 0 Å². The first kappa shape index (κ1) is 18.6. The summed E-state index contributed by atoms with van der Waals surface area (Å²) in [6, 6.07) is 4.38. The Labute approximate surface area is 152 Å². The van der Waals surface area contributed by atoms with E-state index in [2.05, 4.69) is 15.0 Å². The lowest BCUT2D eigenvalue weighted by atomic mass is 10.2. The van der Waals surface area contributed by atoms with Gasteiger partial charge < -0.3 is 10.1 Å². The normalized spacial score (nSPS) is 22.9. The maximum absolute atomic E-state index is 12.9. The van der Waals surface area contributed by atoms with Gasteiger partial charge in [-0.25, -0.2) is 13.2 Å². The Morgan fingerprint density at radius 3 is 2.64 bits per heavy atom. The lowest BCUT2D eigenvalue weighted by Crippen LogP contribution is -2.49. The molecule has 9 heteroatoms. The first-order chi connectivity index (χ1) is 11.9. The molecule has 0 spiro atoms. The van der Waals surface area contributed by atoms with Gasteiger partial charge in [-0.3, -0.25) is 4.90 Å². The van der Waals surface area contributed by atoms with Crippen molar-refractivity contribution in [2.75, 3.05) is 46.4 Å². The molecule has 0 saturated carbocycles. The van der Waals surface area contributed by atoms with Crippen LogP contribution in [0.5, 0.6) is 0 Å². The number of halogens is 1. The number of rotatable bonds is 4. The van der Waals surface area contributed by atoms with Crippen LogP contribution in [0.1, 0.15) is 16.8 Å². The largest absolute Gasteiger partial charge is 0.465 e. The Morgan fingerprint density at radius 2 is 2.00 bits per heavy atom. The summed E-state index contributed by atoms with van der Waals surface area (Å²) in [6.45, 7) is 4.69. The number of benzene rings is 1. The molecule has 25 heavy (non-hydrogen) atoms. The SMILES string of the molecule is COC(=O)c1ccc(S(=O)(=O)N2CCC(N3CCNCC3)C2)c(Cl)c1. The summed E-state index contributed by atoms with van der Waals surface area (Å²) in [5, 5.41) is 3.34. The van der Waals surface area contributed by atoms with Crippen molar-refractivity contribution in [3.63, 3.8) is 0 Å². The van der Waals surface area contributed by atoms with E-state index < -0.39 is 16.0 Å². The Kier molecular flexibility index (Phi) is 5.65. The van der Waals surface area contributed by atoms with E-state index in [9.17, 15) is 13.2 Å². The first-order valence-corrected chi connectivity index (χ1v) is 10.1. The molecule has 2 fully saturated rings. The van der Waals surface area contributed by atoms with E-state index >= 15 is 0 Å². The molecule has 2 aliphatic rings. The number of hydrogen-bond acceptors (Lipinski definition) is 6. The average molecular weight is 388 g/mol. The minimum absolute atomic E-state index is 0.0304. The molecule has 2 aliphatic heterocycles. The van der Waals surface area contributed by atoms with Crippen molar-refractivity contribution >= 4 is 27.6 Å². The van der Waals surface area contributed by atoms with Crippen molar-refractivity contribution in [1.82, 2.24) is 14.5 Å². The maximum atomic E-state index is 12.9. The molecule has 1 N–H and O–H groups in total. The lowest BCUT2D eigenvalue weighted by Gasteiger charge is -2.32. The van der Waals surface area contributed by atoms with Gasteiger partial charge in [-0.05, 0) is 24.6 Å². The van der Waals surface area contributed by atoms with Gasteiger partial charge in [0.1, 0.15) is 4.90 Å². The van der Waals surface area contributed by atoms with E-state index in [1.54, 1.807) is 0 Å². The predicted molar refractivity (Wildman–Crippen MR) is 94.4 cm³/mol. The number of nitrogens with zero attached hydrogens (tertiary/aromatic N) is 2. The van der Waals surface area contributed by atoms with Gasteiger partial charge in [-0.1, -0.05) is 11.6 Å². The monoisotopic (exact) mass is 387 g/mol. The van der Waals surface area contributed by atoms with Gasteiger partial charge in [0.05, 0.1) is 17.7 Å². The summed E-state index contributed by atoms with van der Waals surface area (Å²) in [6.07, 6.45) is 0.817. The molecule has 0 aliphatic carbocycles. The molecule has 2 saturated heterocycles. The summed E-state index contributed by atoms with van der Waals surface area (Å²) in [5.74, 6) is -0.550. The smallest absolute Gasteiger partial charge is 0.337 e. The zero-order valence-corrected chi connectivity index (χ0v) is 15.6. The van der Waals surface area contributed by atoms with Crippen LogP contribution in [0.15, 0.2) is 23.1 Å². The predicted octanol–water partition coefficient (Wildman–Crippen LogP) is 0.795. The van der Waals surface area contributed by atoms with E-state index in [1.807, 2.05) is 0 Å². The van der Waals surface area contributed by atoms with Crippen LogP contribution in [0.2, 0.25) is 5.02 Å². The number of piperazine rings is 1. The van der Waals surface area contributed by atoms with Gasteiger partial charge in [0.25, 0.3) is 0 Å². The highest BCUT2D eigenvalue weighted by molar-refractivity contribution is 7.89. The van der Waals surface area contributed by atoms with Gasteiger partial charge in [0, 0.05) is 45.3 Å². The number of carbonyl (C=O) groups is 1. The van der Waals surface area contributed by atoms with Crippen LogP contribution in [-0.4, -0.2) is 76.0 Å². The molecule has 0 amide bonds. The molecule has 1 aromatic carbocycles. The summed E-state index contributed by atoms with van der Waals surface area (Å²) in [5.41, 5.74) is 0.228. The zero-order chi connectivity index (χ0) is 18.0. The quantitative estimate of drug-likeness (QED) is 0.770. The van der Waals surface area contributed by atoms with Gasteiger partial charge in [0.2, 0.25) is 10.0 Å². The van der Waals surface area contributed by atoms with Gasteiger partial charge in [0.15, 0.2) is 0 Å². The molecule has 1 aromatic rings. The summed E-state index contributed by atoms with van der Waals surface area (Å²) in [4.78, 5) is 13.9. The molecule has 138 valence electrons. The topological polar surface area (TPSA) is 79.0 Å². The fraction of sp³-hybridized carbons (Fsp3) is 0.562. The van der Waals surface area contributed by atoms with Crippen LogP contribution in [0.25, 0.3) is 0 Å². The second-order valence-corrected chi connectivity index (χ2v) is 8.54. The third-order valence-electron chi connectivity index (χ3n) is 4.76. The molecule has 7 nitrogen and oxygen atoms in total. The van der Waals surface area contributed by atoms with E-state index in [0.29, 0.717) is 13.1 Å². The zero-order valence-electron chi connectivity index (χ0n) is 14.1. The van der Waals surface area contributed by atoms with Crippen LogP contribution in [0, 0.1) is 0 Å². The fourth-order valence-electron chi connectivity index (χ4n) is 3.37. The second-order valence-electron chi connectivity index (χ2n) is 6.23. The third-order valence-corrected chi connectivity index (χ3v) is 7.11. The van der Waals surface area contributed by atoms with Crippen molar-refractivity contribution in [3.8, 4) is 0 Å². The standard InChI is InChI=1S/C16H22ClN3O4S/c1-24-16(21)12-2-3-15(14(17)10-12)25(22,23)20-7-4-13(11-20)19-8-5-18-6-9-19/h2-3,10,13,18H,4-9,11H2,1H3. The van der Waals surface area contributed by atoms with Crippen molar-refractivity contribution in [2.24, 2.45) is 0 Å². The molecule has 1 atom stereocenters. The van der Waals surface area contributed by atoms with Crippen LogP contribution >= 0.6 is 11.6 Å². The minimum atomic E-state index is -3.68. The highest BCUT2D eigenvalue weighted by atomic mass is 35.5. The summed E-state index contributed by atoms with van der Waals surface area (Å²) >= 11 is 6.15. The van der Waals surface area contributed by atoms with Crippen LogP contribution in [0.4, 0.5) is 0 Å². The average Bonchev–Trinajstić information content (AvgIpc) is 3.12. The van der Waals surface area contributed by atoms with Crippen molar-refractivity contribution in [2.45, 2.75) is 17.4 Å². The van der Waals surface area contributed by atoms with E-state index in [4.69, 9.17) is 11.6 Å². The van der Waals surface area contributed by atoms with Gasteiger partial charge in [-0.2, -0.15) is 4.31 Å². The van der Waals surface area contributed by atoms with E-state index in [-0.39, 0.29) is 21.5 Å². The number of carbonyl (C=O) groups excluding carboxylic acids is 1. The minimum Gasteiger partial charge on any atom is -0.465 e. The third kappa shape index (κ3) is 3.83. The Hall–Kier alpha value is -1.19. The molecule has 0 bridgehead atoms. The highest BCUT2D eigenvalue weighted by Crippen LogP contribution is 2.29. The van der Waals surface area contributed by atoms with Crippen molar-refractivity contribution in [3.05, 3.63) is 28.8 Å². The summed E-state index contributed by atoms with van der Waals surface area (Å²) < 4.78 is 32.0. The van der Waals surface area contributed by atoms with Crippen LogP contribution < -0.4 is 5.32 Å². The number of sulfonamides is 1. The lowest BCUT2D eigenvalue weighted by molar-refractivity contribution is 0.0600. The highest BCUT2D eigenvalue weighted by Gasteiger charge is 2.36. The van der Waals surface area contributed by atoms with Crippen molar-refractivity contribution < 1.29 is 17.9 Å². The fourth-order valence-corrected chi connectivity index (χ4v) is 5.38. The Balaban J connectivity index is 1.77. The number of methoxy groups -OCH3 is 1. The second kappa shape index (κ2) is 7.59. The van der Waals surface area contributed by atoms with Gasteiger partial charge >= 0.3 is 5.97 Å². The van der Waals surface area contributed by atoms with Crippen molar-refractivity contribution in [1.29, 1.82) is 0 Å². The summed E-state index contributed by atoms with van der Waals surface area (Å²) in [7, 11) is -2.42. The number of esters is 1. The van der Waals surface area contributed by atoms with Crippen LogP contribution in [-0.2, 0) is 14.8 Å². The van der Waals surface area contributed by atoms with Gasteiger partial charge in [-0.15, -0.1) is 0 Å².